The van der Waals surface area contributed by atoms with E-state index >= 15 is 0 Å². The molecule has 96 valence electrons. The van der Waals surface area contributed by atoms with E-state index in [4.69, 9.17) is 4.74 Å². The molecule has 0 spiro atoms. The van der Waals surface area contributed by atoms with Crippen molar-refractivity contribution in [1.29, 1.82) is 0 Å². The van der Waals surface area contributed by atoms with E-state index in [1.165, 1.54) is 12.8 Å². The molecule has 1 aromatic heterocycles. The Bertz CT molecular complexity index is 373. The number of ether oxygens (including phenoxy) is 1. The van der Waals surface area contributed by atoms with Gasteiger partial charge >= 0.3 is 0 Å². The topological polar surface area (TPSA) is 39.1 Å². The molecule has 4 heteroatoms. The van der Waals surface area contributed by atoms with Gasteiger partial charge in [0.25, 0.3) is 0 Å². The lowest BCUT2D eigenvalue weighted by Crippen LogP contribution is -2.31. The highest BCUT2D eigenvalue weighted by molar-refractivity contribution is 5.32. The Hall–Kier alpha value is -1.03. The van der Waals surface area contributed by atoms with Gasteiger partial charge < -0.3 is 14.6 Å². The number of hydrogen-bond acceptors (Lipinski definition) is 3. The third-order valence-electron chi connectivity index (χ3n) is 3.48. The Kier molecular flexibility index (Phi) is 3.72. The van der Waals surface area contributed by atoms with Crippen molar-refractivity contribution in [2.24, 2.45) is 0 Å². The molecule has 17 heavy (non-hydrogen) atoms. The highest BCUT2D eigenvalue weighted by Gasteiger charge is 2.28. The molecule has 1 saturated carbocycles. The van der Waals surface area contributed by atoms with Crippen LogP contribution in [0.25, 0.3) is 0 Å². The van der Waals surface area contributed by atoms with Crippen LogP contribution in [0.3, 0.4) is 0 Å². The Labute approximate surface area is 103 Å². The van der Waals surface area contributed by atoms with Gasteiger partial charge in [0.1, 0.15) is 0 Å². The van der Waals surface area contributed by atoms with Crippen molar-refractivity contribution in [3.63, 3.8) is 0 Å². The van der Waals surface area contributed by atoms with Crippen LogP contribution < -0.4 is 5.32 Å². The molecule has 0 bridgehead atoms. The van der Waals surface area contributed by atoms with Crippen molar-refractivity contribution in [2.45, 2.75) is 58.2 Å². The molecule has 0 radical (unpaired) electrons. The third-order valence-corrected chi connectivity index (χ3v) is 3.48. The number of hydrogen-bond donors (Lipinski definition) is 1. The van der Waals surface area contributed by atoms with Gasteiger partial charge in [0, 0.05) is 19.3 Å². The zero-order valence-corrected chi connectivity index (χ0v) is 11.2. The van der Waals surface area contributed by atoms with E-state index in [0.717, 1.165) is 18.1 Å². The first-order valence-corrected chi connectivity index (χ1v) is 6.46. The SMILES string of the molecule is COC1CCCC1Nc1nc(C)cn1C(C)C. The number of aryl methyl sites for hydroxylation is 1. The van der Waals surface area contributed by atoms with Crippen LogP contribution in [0.4, 0.5) is 5.95 Å². The number of nitrogens with one attached hydrogen (secondary N) is 1. The van der Waals surface area contributed by atoms with Gasteiger partial charge in [0.2, 0.25) is 5.95 Å². The number of methoxy groups -OCH3 is 1. The van der Waals surface area contributed by atoms with Crippen LogP contribution in [0.15, 0.2) is 6.20 Å². The van der Waals surface area contributed by atoms with Crippen molar-refractivity contribution in [2.75, 3.05) is 12.4 Å². The maximum Gasteiger partial charge on any atom is 0.203 e. The van der Waals surface area contributed by atoms with Crippen molar-refractivity contribution in [3.05, 3.63) is 11.9 Å². The molecule has 0 aliphatic heterocycles. The fourth-order valence-electron chi connectivity index (χ4n) is 2.56. The summed E-state index contributed by atoms with van der Waals surface area (Å²) in [5.41, 5.74) is 1.06. The average molecular weight is 237 g/mol. The van der Waals surface area contributed by atoms with E-state index in [-0.39, 0.29) is 0 Å². The Morgan fingerprint density at radius 1 is 1.47 bits per heavy atom. The van der Waals surface area contributed by atoms with Crippen molar-refractivity contribution < 1.29 is 4.74 Å². The summed E-state index contributed by atoms with van der Waals surface area (Å²) in [6, 6.07) is 0.834. The molecule has 1 N–H and O–H groups in total. The summed E-state index contributed by atoms with van der Waals surface area (Å²) in [6.45, 7) is 6.38. The van der Waals surface area contributed by atoms with Crippen molar-refractivity contribution in [3.8, 4) is 0 Å². The molecule has 1 aliphatic rings. The zero-order chi connectivity index (χ0) is 12.4. The summed E-state index contributed by atoms with van der Waals surface area (Å²) >= 11 is 0. The molecule has 1 heterocycles. The van der Waals surface area contributed by atoms with E-state index in [1.807, 2.05) is 6.92 Å². The van der Waals surface area contributed by atoms with Crippen molar-refractivity contribution in [1.82, 2.24) is 9.55 Å². The lowest BCUT2D eigenvalue weighted by molar-refractivity contribution is 0.101. The maximum absolute atomic E-state index is 5.50. The van der Waals surface area contributed by atoms with E-state index in [2.05, 4.69) is 34.9 Å². The van der Waals surface area contributed by atoms with Crippen LogP contribution in [-0.2, 0) is 4.74 Å². The number of anilines is 1. The first-order chi connectivity index (χ1) is 8.11. The second kappa shape index (κ2) is 5.08. The lowest BCUT2D eigenvalue weighted by atomic mass is 10.2. The highest BCUT2D eigenvalue weighted by Crippen LogP contribution is 2.26. The number of aromatic nitrogens is 2. The summed E-state index contributed by atoms with van der Waals surface area (Å²) in [5.74, 6) is 0.978. The summed E-state index contributed by atoms with van der Waals surface area (Å²) in [7, 11) is 1.80. The first kappa shape index (κ1) is 12.4. The molecule has 2 atom stereocenters. The third kappa shape index (κ3) is 2.63. The lowest BCUT2D eigenvalue weighted by Gasteiger charge is -2.21. The highest BCUT2D eigenvalue weighted by atomic mass is 16.5. The molecular weight excluding hydrogens is 214 g/mol. The molecule has 4 nitrogen and oxygen atoms in total. The summed E-state index contributed by atoms with van der Waals surface area (Å²) in [5, 5.41) is 3.54. The average Bonchev–Trinajstić information content (AvgIpc) is 2.85. The fraction of sp³-hybridized carbons (Fsp3) is 0.769. The van der Waals surface area contributed by atoms with Crippen LogP contribution >= 0.6 is 0 Å². The Morgan fingerprint density at radius 3 is 2.88 bits per heavy atom. The summed E-state index contributed by atoms with van der Waals surface area (Å²) in [6.07, 6.45) is 5.98. The van der Waals surface area contributed by atoms with E-state index in [9.17, 15) is 0 Å². The van der Waals surface area contributed by atoms with Crippen LogP contribution in [0, 0.1) is 6.92 Å². The second-order valence-corrected chi connectivity index (χ2v) is 5.16. The minimum Gasteiger partial charge on any atom is -0.379 e. The van der Waals surface area contributed by atoms with Gasteiger partial charge in [-0.15, -0.1) is 0 Å². The van der Waals surface area contributed by atoms with Gasteiger partial charge in [-0.3, -0.25) is 0 Å². The molecular formula is C13H23N3O. The molecule has 1 aliphatic carbocycles. The molecule has 1 aromatic rings. The van der Waals surface area contributed by atoms with Crippen LogP contribution in [0.5, 0.6) is 0 Å². The van der Waals surface area contributed by atoms with Crippen molar-refractivity contribution >= 4 is 5.95 Å². The van der Waals surface area contributed by atoms with Crippen LogP contribution in [0.2, 0.25) is 0 Å². The van der Waals surface area contributed by atoms with E-state index in [0.29, 0.717) is 18.2 Å². The van der Waals surface area contributed by atoms with Crippen LogP contribution in [-0.4, -0.2) is 28.8 Å². The van der Waals surface area contributed by atoms with Gasteiger partial charge in [-0.2, -0.15) is 0 Å². The molecule has 2 unspecified atom stereocenters. The van der Waals surface area contributed by atoms with Crippen LogP contribution in [0.1, 0.15) is 44.8 Å². The molecule has 0 amide bonds. The van der Waals surface area contributed by atoms with Gasteiger partial charge in [0.15, 0.2) is 0 Å². The normalized spacial score (nSPS) is 24.5. The van der Waals surface area contributed by atoms with Gasteiger partial charge in [-0.25, -0.2) is 4.98 Å². The predicted molar refractivity (Wildman–Crippen MR) is 69.4 cm³/mol. The van der Waals surface area contributed by atoms with Gasteiger partial charge in [-0.05, 0) is 40.0 Å². The Morgan fingerprint density at radius 2 is 2.24 bits per heavy atom. The molecule has 0 saturated heterocycles. The molecule has 0 aromatic carbocycles. The fourth-order valence-corrected chi connectivity index (χ4v) is 2.56. The van der Waals surface area contributed by atoms with E-state index in [1.54, 1.807) is 7.11 Å². The first-order valence-electron chi connectivity index (χ1n) is 6.46. The molecule has 2 rings (SSSR count). The van der Waals surface area contributed by atoms with E-state index < -0.39 is 0 Å². The largest absolute Gasteiger partial charge is 0.379 e. The second-order valence-electron chi connectivity index (χ2n) is 5.16. The Balaban J connectivity index is 2.12. The standard InChI is InChI=1S/C13H23N3O/c1-9(2)16-8-10(3)14-13(16)15-11-6-5-7-12(11)17-4/h8-9,11-12H,5-7H2,1-4H3,(H,14,15). The number of nitrogens with zero attached hydrogens (tertiary/aromatic N) is 2. The van der Waals surface area contributed by atoms with Gasteiger partial charge in [0.05, 0.1) is 17.8 Å². The molecule has 1 fully saturated rings. The zero-order valence-electron chi connectivity index (χ0n) is 11.2. The van der Waals surface area contributed by atoms with Gasteiger partial charge in [-0.1, -0.05) is 0 Å². The minimum atomic E-state index is 0.326. The monoisotopic (exact) mass is 237 g/mol. The number of imidazole rings is 1. The summed E-state index contributed by atoms with van der Waals surface area (Å²) < 4.78 is 7.70. The number of rotatable bonds is 4. The smallest absolute Gasteiger partial charge is 0.203 e. The quantitative estimate of drug-likeness (QED) is 0.875. The minimum absolute atomic E-state index is 0.326. The predicted octanol–water partition coefficient (Wildman–Crippen LogP) is 2.75. The summed E-state index contributed by atoms with van der Waals surface area (Å²) in [4.78, 5) is 4.56. The maximum atomic E-state index is 5.50.